The van der Waals surface area contributed by atoms with E-state index in [0.717, 1.165) is 6.07 Å². The molecule has 0 aliphatic carbocycles. The van der Waals surface area contributed by atoms with Gasteiger partial charge in [0.1, 0.15) is 5.82 Å². The summed E-state index contributed by atoms with van der Waals surface area (Å²) in [7, 11) is 0. The number of primary amides is 1. The summed E-state index contributed by atoms with van der Waals surface area (Å²) in [6.07, 6.45) is 1.29. The molecule has 0 saturated heterocycles. The van der Waals surface area contributed by atoms with Gasteiger partial charge in [-0.25, -0.2) is 4.39 Å². The lowest BCUT2D eigenvalue weighted by molar-refractivity contribution is 0.0999. The first-order valence-corrected chi connectivity index (χ1v) is 3.97. The van der Waals surface area contributed by atoms with Crippen LogP contribution in [-0.4, -0.2) is 10.9 Å². The number of carbonyl (C=O) groups is 1. The van der Waals surface area contributed by atoms with E-state index in [1.807, 2.05) is 13.8 Å². The smallest absolute Gasteiger partial charge is 0.250 e. The fourth-order valence-electron chi connectivity index (χ4n) is 1.01. The van der Waals surface area contributed by atoms with E-state index in [4.69, 9.17) is 5.73 Å². The van der Waals surface area contributed by atoms with Crippen LogP contribution in [0.25, 0.3) is 0 Å². The van der Waals surface area contributed by atoms with E-state index in [1.54, 1.807) is 0 Å². The average Bonchev–Trinajstić information content (AvgIpc) is 2.03. The number of hydrogen-bond acceptors (Lipinski definition) is 2. The maximum Gasteiger partial charge on any atom is 0.250 e. The summed E-state index contributed by atoms with van der Waals surface area (Å²) < 4.78 is 13.2. The number of pyridine rings is 1. The maximum absolute atomic E-state index is 13.2. The van der Waals surface area contributed by atoms with Crippen molar-refractivity contribution in [2.24, 2.45) is 5.73 Å². The standard InChI is InChI=1S/C9H11FN2O/c1-5(2)8-7(10)3-6(4-12-8)9(11)13/h3-5H,1-2H3,(H2,11,13). The molecule has 0 aromatic carbocycles. The van der Waals surface area contributed by atoms with Crippen LogP contribution in [0.4, 0.5) is 4.39 Å². The van der Waals surface area contributed by atoms with Gasteiger partial charge in [0.25, 0.3) is 0 Å². The number of aromatic nitrogens is 1. The Morgan fingerprint density at radius 1 is 1.62 bits per heavy atom. The predicted octanol–water partition coefficient (Wildman–Crippen LogP) is 1.44. The predicted molar refractivity (Wildman–Crippen MR) is 46.8 cm³/mol. The zero-order valence-electron chi connectivity index (χ0n) is 7.54. The fourth-order valence-corrected chi connectivity index (χ4v) is 1.01. The lowest BCUT2D eigenvalue weighted by Crippen LogP contribution is -2.12. The van der Waals surface area contributed by atoms with Crippen LogP contribution in [0.1, 0.15) is 35.8 Å². The number of halogens is 1. The molecule has 1 rings (SSSR count). The Labute approximate surface area is 75.8 Å². The molecule has 0 fully saturated rings. The molecular weight excluding hydrogens is 171 g/mol. The van der Waals surface area contributed by atoms with Crippen LogP contribution in [0.5, 0.6) is 0 Å². The van der Waals surface area contributed by atoms with Crippen LogP contribution >= 0.6 is 0 Å². The molecule has 0 radical (unpaired) electrons. The minimum atomic E-state index is -0.665. The molecule has 3 nitrogen and oxygen atoms in total. The fraction of sp³-hybridized carbons (Fsp3) is 0.333. The van der Waals surface area contributed by atoms with Crippen molar-refractivity contribution in [3.8, 4) is 0 Å². The largest absolute Gasteiger partial charge is 0.366 e. The molecule has 4 heteroatoms. The van der Waals surface area contributed by atoms with E-state index in [9.17, 15) is 9.18 Å². The van der Waals surface area contributed by atoms with Crippen molar-refractivity contribution in [2.45, 2.75) is 19.8 Å². The Morgan fingerprint density at radius 2 is 2.23 bits per heavy atom. The van der Waals surface area contributed by atoms with Gasteiger partial charge >= 0.3 is 0 Å². The molecule has 70 valence electrons. The molecular formula is C9H11FN2O. The molecule has 0 atom stereocenters. The minimum Gasteiger partial charge on any atom is -0.366 e. The Hall–Kier alpha value is -1.45. The molecule has 1 amide bonds. The molecule has 2 N–H and O–H groups in total. The van der Waals surface area contributed by atoms with Gasteiger partial charge in [0.15, 0.2) is 0 Å². The van der Waals surface area contributed by atoms with E-state index < -0.39 is 11.7 Å². The first kappa shape index (κ1) is 9.64. The number of rotatable bonds is 2. The second-order valence-corrected chi connectivity index (χ2v) is 3.11. The van der Waals surface area contributed by atoms with Gasteiger partial charge < -0.3 is 5.73 Å². The van der Waals surface area contributed by atoms with Crippen molar-refractivity contribution in [1.82, 2.24) is 4.98 Å². The van der Waals surface area contributed by atoms with Gasteiger partial charge in [0, 0.05) is 6.20 Å². The van der Waals surface area contributed by atoms with Crippen molar-refractivity contribution in [3.63, 3.8) is 0 Å². The van der Waals surface area contributed by atoms with Crippen LogP contribution in [0.3, 0.4) is 0 Å². The second-order valence-electron chi connectivity index (χ2n) is 3.11. The minimum absolute atomic E-state index is 0.00178. The summed E-state index contributed by atoms with van der Waals surface area (Å²) in [4.78, 5) is 14.5. The van der Waals surface area contributed by atoms with Crippen molar-refractivity contribution < 1.29 is 9.18 Å². The lowest BCUT2D eigenvalue weighted by atomic mass is 10.1. The monoisotopic (exact) mass is 182 g/mol. The van der Waals surface area contributed by atoms with Crippen LogP contribution < -0.4 is 5.73 Å². The molecule has 0 aliphatic heterocycles. The topological polar surface area (TPSA) is 56.0 Å². The summed E-state index contributed by atoms with van der Waals surface area (Å²) in [6.45, 7) is 3.66. The summed E-state index contributed by atoms with van der Waals surface area (Å²) >= 11 is 0. The van der Waals surface area contributed by atoms with Crippen LogP contribution in [0, 0.1) is 5.82 Å². The normalized spacial score (nSPS) is 10.5. The number of nitrogens with two attached hydrogens (primary N) is 1. The number of nitrogens with zero attached hydrogens (tertiary/aromatic N) is 1. The summed E-state index contributed by atoms with van der Waals surface area (Å²) in [5.74, 6) is -1.14. The molecule has 1 aromatic heterocycles. The van der Waals surface area contributed by atoms with Crippen LogP contribution in [-0.2, 0) is 0 Å². The van der Waals surface area contributed by atoms with Gasteiger partial charge in [-0.15, -0.1) is 0 Å². The van der Waals surface area contributed by atoms with E-state index in [2.05, 4.69) is 4.98 Å². The maximum atomic E-state index is 13.2. The highest BCUT2D eigenvalue weighted by Gasteiger charge is 2.10. The SMILES string of the molecule is CC(C)c1ncc(C(N)=O)cc1F. The summed E-state index contributed by atoms with van der Waals surface area (Å²) in [6, 6.07) is 1.12. The number of amides is 1. The Kier molecular flexibility index (Phi) is 2.60. The van der Waals surface area contributed by atoms with E-state index in [0.29, 0.717) is 5.69 Å². The third-order valence-electron chi connectivity index (χ3n) is 1.70. The number of carbonyl (C=O) groups excluding carboxylic acids is 1. The Balaban J connectivity index is 3.13. The van der Waals surface area contributed by atoms with E-state index in [-0.39, 0.29) is 11.5 Å². The van der Waals surface area contributed by atoms with Crippen LogP contribution in [0.2, 0.25) is 0 Å². The highest BCUT2D eigenvalue weighted by Crippen LogP contribution is 2.15. The third kappa shape index (κ3) is 2.02. The van der Waals surface area contributed by atoms with Crippen molar-refractivity contribution in [3.05, 3.63) is 29.3 Å². The summed E-state index contributed by atoms with van der Waals surface area (Å²) in [5.41, 5.74) is 5.41. The molecule has 0 spiro atoms. The average molecular weight is 182 g/mol. The molecule has 1 heterocycles. The Bertz CT molecular complexity index is 336. The highest BCUT2D eigenvalue weighted by atomic mass is 19.1. The third-order valence-corrected chi connectivity index (χ3v) is 1.70. The van der Waals surface area contributed by atoms with Crippen molar-refractivity contribution in [2.75, 3.05) is 0 Å². The van der Waals surface area contributed by atoms with Gasteiger partial charge in [0.2, 0.25) is 5.91 Å². The van der Waals surface area contributed by atoms with Gasteiger partial charge in [-0.1, -0.05) is 13.8 Å². The van der Waals surface area contributed by atoms with E-state index >= 15 is 0 Å². The Morgan fingerprint density at radius 3 is 2.62 bits per heavy atom. The van der Waals surface area contributed by atoms with Crippen LogP contribution in [0.15, 0.2) is 12.3 Å². The van der Waals surface area contributed by atoms with Gasteiger partial charge in [-0.05, 0) is 12.0 Å². The molecule has 0 unspecified atom stereocenters. The quantitative estimate of drug-likeness (QED) is 0.752. The van der Waals surface area contributed by atoms with Crippen molar-refractivity contribution in [1.29, 1.82) is 0 Å². The second kappa shape index (κ2) is 3.51. The first-order chi connectivity index (χ1) is 6.02. The highest BCUT2D eigenvalue weighted by molar-refractivity contribution is 5.92. The first-order valence-electron chi connectivity index (χ1n) is 3.97. The van der Waals surface area contributed by atoms with Crippen molar-refractivity contribution >= 4 is 5.91 Å². The summed E-state index contributed by atoms with van der Waals surface area (Å²) in [5, 5.41) is 0. The van der Waals surface area contributed by atoms with Gasteiger partial charge in [-0.2, -0.15) is 0 Å². The zero-order valence-corrected chi connectivity index (χ0v) is 7.54. The van der Waals surface area contributed by atoms with Gasteiger partial charge in [0.05, 0.1) is 11.3 Å². The van der Waals surface area contributed by atoms with E-state index in [1.165, 1.54) is 6.20 Å². The van der Waals surface area contributed by atoms with Gasteiger partial charge in [-0.3, -0.25) is 9.78 Å². The number of hydrogen-bond donors (Lipinski definition) is 1. The lowest BCUT2D eigenvalue weighted by Gasteiger charge is -2.05. The molecule has 13 heavy (non-hydrogen) atoms. The molecule has 0 saturated carbocycles. The molecule has 0 aliphatic rings. The zero-order chi connectivity index (χ0) is 10.0. The molecule has 0 bridgehead atoms. The molecule has 1 aromatic rings.